The Hall–Kier alpha value is -8.34. The summed E-state index contributed by atoms with van der Waals surface area (Å²) in [6.07, 6.45) is 0. The van der Waals surface area contributed by atoms with Crippen molar-refractivity contribution in [3.63, 3.8) is 0 Å². The average molecular weight is 819 g/mol. The molecule has 0 atom stereocenters. The summed E-state index contributed by atoms with van der Waals surface area (Å²) in [6.45, 7) is 4.35. The maximum atomic E-state index is 5.31. The molecule has 0 fully saturated rings. The highest BCUT2D eigenvalue weighted by molar-refractivity contribution is 6.12. The fourth-order valence-electron chi connectivity index (χ4n) is 9.80. The number of rotatable bonds is 7. The van der Waals surface area contributed by atoms with Gasteiger partial charge >= 0.3 is 0 Å². The molecule has 12 rings (SSSR count). The van der Waals surface area contributed by atoms with Gasteiger partial charge in [-0.2, -0.15) is 0 Å². The standard InChI is InChI=1S/C60H42N4/c1-39-33-40(2)35-45(34-39)43-30-32-58-51(36-43)49-24-12-16-28-57(49)64(58)59-37-44(53-38-52(41-17-5-3-6-18-41)61-60(62-53)42-19-7-4-8-20-42)29-31-50(59)48-23-11-15-27-56(48)63-54-25-13-9-21-46(54)47-22-10-14-26-55(47)63/h3-38H,1-2H3. The molecule has 0 unspecified atom stereocenters. The maximum Gasteiger partial charge on any atom is 0.160 e. The fourth-order valence-corrected chi connectivity index (χ4v) is 9.80. The minimum Gasteiger partial charge on any atom is -0.309 e. The highest BCUT2D eigenvalue weighted by Gasteiger charge is 2.22. The number of hydrogen-bond donors (Lipinski definition) is 0. The lowest BCUT2D eigenvalue weighted by molar-refractivity contribution is 1.15. The van der Waals surface area contributed by atoms with Crippen molar-refractivity contribution in [2.24, 2.45) is 0 Å². The lowest BCUT2D eigenvalue weighted by atomic mass is 9.97. The predicted octanol–water partition coefficient (Wildman–Crippen LogP) is 15.6. The molecule has 4 heteroatoms. The van der Waals surface area contributed by atoms with E-state index in [1.807, 2.05) is 24.3 Å². The van der Waals surface area contributed by atoms with Crippen molar-refractivity contribution in [1.82, 2.24) is 19.1 Å². The Kier molecular flexibility index (Phi) is 8.91. The fraction of sp³-hybridized carbons (Fsp3) is 0.0333. The summed E-state index contributed by atoms with van der Waals surface area (Å²) in [5.41, 5.74) is 18.8. The molecule has 0 spiro atoms. The van der Waals surface area contributed by atoms with E-state index in [1.165, 1.54) is 54.8 Å². The van der Waals surface area contributed by atoms with E-state index in [1.54, 1.807) is 0 Å². The quantitative estimate of drug-likeness (QED) is 0.161. The normalized spacial score (nSPS) is 11.6. The van der Waals surface area contributed by atoms with Gasteiger partial charge in [0.2, 0.25) is 0 Å². The molecule has 0 saturated carbocycles. The van der Waals surface area contributed by atoms with E-state index in [4.69, 9.17) is 9.97 Å². The Morgan fingerprint density at radius 1 is 0.297 bits per heavy atom. The van der Waals surface area contributed by atoms with E-state index in [9.17, 15) is 0 Å². The van der Waals surface area contributed by atoms with Crippen LogP contribution in [0.3, 0.4) is 0 Å². The molecule has 64 heavy (non-hydrogen) atoms. The van der Waals surface area contributed by atoms with Crippen LogP contribution in [0.25, 0.3) is 111 Å². The van der Waals surface area contributed by atoms with Crippen LogP contribution in [0.4, 0.5) is 0 Å². The number of aromatic nitrogens is 4. The minimum atomic E-state index is 0.690. The lowest BCUT2D eigenvalue weighted by Gasteiger charge is -2.20. The van der Waals surface area contributed by atoms with Gasteiger partial charge < -0.3 is 9.13 Å². The van der Waals surface area contributed by atoms with Gasteiger partial charge in [0.1, 0.15) is 0 Å². The van der Waals surface area contributed by atoms with Gasteiger partial charge in [0.05, 0.1) is 44.8 Å². The van der Waals surface area contributed by atoms with E-state index in [0.717, 1.165) is 61.6 Å². The number of aryl methyl sites for hydroxylation is 2. The molecule has 3 heterocycles. The van der Waals surface area contributed by atoms with E-state index in [0.29, 0.717) is 5.82 Å². The summed E-state index contributed by atoms with van der Waals surface area (Å²) in [4.78, 5) is 10.4. The van der Waals surface area contributed by atoms with E-state index >= 15 is 0 Å². The number of para-hydroxylation sites is 4. The highest BCUT2D eigenvalue weighted by atomic mass is 15.0. The Bertz CT molecular complexity index is 3610. The van der Waals surface area contributed by atoms with Crippen molar-refractivity contribution in [3.8, 4) is 67.5 Å². The Labute approximate surface area is 372 Å². The third-order valence-electron chi connectivity index (χ3n) is 12.6. The van der Waals surface area contributed by atoms with Crippen LogP contribution in [0.5, 0.6) is 0 Å². The van der Waals surface area contributed by atoms with Crippen molar-refractivity contribution in [3.05, 3.63) is 230 Å². The first-order valence-electron chi connectivity index (χ1n) is 21.9. The maximum absolute atomic E-state index is 5.31. The topological polar surface area (TPSA) is 35.6 Å². The zero-order valence-electron chi connectivity index (χ0n) is 35.6. The van der Waals surface area contributed by atoms with Gasteiger partial charge in [0.25, 0.3) is 0 Å². The van der Waals surface area contributed by atoms with Crippen LogP contribution < -0.4 is 0 Å². The first-order valence-corrected chi connectivity index (χ1v) is 21.9. The summed E-state index contributed by atoms with van der Waals surface area (Å²) in [5.74, 6) is 0.690. The van der Waals surface area contributed by atoms with E-state index in [2.05, 4.69) is 217 Å². The van der Waals surface area contributed by atoms with Gasteiger partial charge in [0, 0.05) is 49.4 Å². The Morgan fingerprint density at radius 2 is 0.781 bits per heavy atom. The zero-order chi connectivity index (χ0) is 42.7. The van der Waals surface area contributed by atoms with Crippen LogP contribution in [0, 0.1) is 13.8 Å². The van der Waals surface area contributed by atoms with Gasteiger partial charge in [-0.1, -0.05) is 181 Å². The minimum absolute atomic E-state index is 0.690. The summed E-state index contributed by atoms with van der Waals surface area (Å²) >= 11 is 0. The molecule has 4 nitrogen and oxygen atoms in total. The Balaban J connectivity index is 1.15. The third-order valence-corrected chi connectivity index (χ3v) is 12.6. The summed E-state index contributed by atoms with van der Waals surface area (Å²) in [5, 5.41) is 4.88. The molecule has 9 aromatic carbocycles. The smallest absolute Gasteiger partial charge is 0.160 e. The molecule has 302 valence electrons. The molecule has 0 aliphatic carbocycles. The number of nitrogens with zero attached hydrogens (tertiary/aromatic N) is 4. The van der Waals surface area contributed by atoms with Gasteiger partial charge in [-0.15, -0.1) is 0 Å². The number of benzene rings is 9. The Morgan fingerprint density at radius 3 is 1.44 bits per heavy atom. The van der Waals surface area contributed by atoms with E-state index < -0.39 is 0 Å². The molecular weight excluding hydrogens is 777 g/mol. The molecule has 0 bridgehead atoms. The first kappa shape index (κ1) is 37.4. The van der Waals surface area contributed by atoms with Crippen molar-refractivity contribution < 1.29 is 0 Å². The van der Waals surface area contributed by atoms with Gasteiger partial charge in [-0.3, -0.25) is 0 Å². The average Bonchev–Trinajstić information content (AvgIpc) is 3.86. The van der Waals surface area contributed by atoms with Crippen molar-refractivity contribution in [2.45, 2.75) is 13.8 Å². The van der Waals surface area contributed by atoms with Gasteiger partial charge in [-0.05, 0) is 73.5 Å². The predicted molar refractivity (Wildman–Crippen MR) is 267 cm³/mol. The van der Waals surface area contributed by atoms with Crippen LogP contribution in [-0.2, 0) is 0 Å². The molecule has 0 radical (unpaired) electrons. The van der Waals surface area contributed by atoms with Crippen LogP contribution in [-0.4, -0.2) is 19.1 Å². The summed E-state index contributed by atoms with van der Waals surface area (Å²) < 4.78 is 4.90. The second kappa shape index (κ2) is 15.2. The monoisotopic (exact) mass is 818 g/mol. The van der Waals surface area contributed by atoms with E-state index in [-0.39, 0.29) is 0 Å². The molecule has 0 N–H and O–H groups in total. The molecule has 0 amide bonds. The largest absolute Gasteiger partial charge is 0.309 e. The van der Waals surface area contributed by atoms with Crippen molar-refractivity contribution in [1.29, 1.82) is 0 Å². The second-order valence-corrected chi connectivity index (χ2v) is 16.8. The first-order chi connectivity index (χ1) is 31.6. The molecular formula is C60H42N4. The summed E-state index contributed by atoms with van der Waals surface area (Å²) in [7, 11) is 0. The van der Waals surface area contributed by atoms with Crippen molar-refractivity contribution in [2.75, 3.05) is 0 Å². The molecule has 3 aromatic heterocycles. The molecule has 0 aliphatic heterocycles. The number of fused-ring (bicyclic) bond motifs is 6. The molecule has 0 aliphatic rings. The van der Waals surface area contributed by atoms with Crippen LogP contribution in [0.1, 0.15) is 11.1 Å². The molecule has 0 saturated heterocycles. The van der Waals surface area contributed by atoms with Crippen molar-refractivity contribution >= 4 is 43.6 Å². The molecule has 12 aromatic rings. The SMILES string of the molecule is Cc1cc(C)cc(-c2ccc3c(c2)c2ccccc2n3-c2cc(-c3cc(-c4ccccc4)nc(-c4ccccc4)n3)ccc2-c2ccccc2-n2c3ccccc3c3ccccc32)c1. The van der Waals surface area contributed by atoms with Gasteiger partial charge in [-0.25, -0.2) is 9.97 Å². The van der Waals surface area contributed by atoms with Crippen LogP contribution in [0.2, 0.25) is 0 Å². The zero-order valence-corrected chi connectivity index (χ0v) is 35.6. The van der Waals surface area contributed by atoms with Gasteiger partial charge in [0.15, 0.2) is 5.82 Å². The number of hydrogen-bond acceptors (Lipinski definition) is 2. The third kappa shape index (κ3) is 6.30. The lowest BCUT2D eigenvalue weighted by Crippen LogP contribution is -2.02. The van der Waals surface area contributed by atoms with Crippen LogP contribution >= 0.6 is 0 Å². The summed E-state index contributed by atoms with van der Waals surface area (Å²) in [6, 6.07) is 78.6. The second-order valence-electron chi connectivity index (χ2n) is 16.8. The highest BCUT2D eigenvalue weighted by Crippen LogP contribution is 2.43. The van der Waals surface area contributed by atoms with Crippen LogP contribution in [0.15, 0.2) is 218 Å².